The van der Waals surface area contributed by atoms with Gasteiger partial charge in [-0.05, 0) is 35.1 Å². The number of primary amides is 1. The maximum atomic E-state index is 12.4. The number of hydrogen-bond donors (Lipinski definition) is 2. The van der Waals surface area contributed by atoms with Crippen LogP contribution < -0.4 is 11.1 Å². The molecule has 0 spiro atoms. The summed E-state index contributed by atoms with van der Waals surface area (Å²) in [6.45, 7) is 0. The molecule has 0 heterocycles. The molecule has 3 N–H and O–H groups in total. The van der Waals surface area contributed by atoms with Crippen LogP contribution in [0.1, 0.15) is 37.7 Å². The smallest absolute Gasteiger partial charge is 0.240 e. The minimum Gasteiger partial charge on any atom is -0.368 e. The molecule has 24 heavy (non-hydrogen) atoms. The van der Waals surface area contributed by atoms with E-state index < -0.39 is 11.9 Å². The van der Waals surface area contributed by atoms with Crippen LogP contribution in [0.5, 0.6) is 0 Å². The molecule has 0 unspecified atom stereocenters. The molecule has 0 bridgehead atoms. The van der Waals surface area contributed by atoms with E-state index >= 15 is 0 Å². The van der Waals surface area contributed by atoms with Gasteiger partial charge in [-0.2, -0.15) is 0 Å². The van der Waals surface area contributed by atoms with Gasteiger partial charge in [0.25, 0.3) is 0 Å². The van der Waals surface area contributed by atoms with E-state index in [-0.39, 0.29) is 18.2 Å². The zero-order valence-electron chi connectivity index (χ0n) is 13.8. The van der Waals surface area contributed by atoms with Gasteiger partial charge in [-0.25, -0.2) is 0 Å². The minimum atomic E-state index is -0.543. The Morgan fingerprint density at radius 1 is 1.04 bits per heavy atom. The Hall–Kier alpha value is -2.36. The number of hydrogen-bond acceptors (Lipinski definition) is 2. The van der Waals surface area contributed by atoms with Crippen molar-refractivity contribution in [1.82, 2.24) is 5.32 Å². The predicted molar refractivity (Wildman–Crippen MR) is 95.4 cm³/mol. The van der Waals surface area contributed by atoms with Crippen LogP contribution in [0.4, 0.5) is 0 Å². The summed E-state index contributed by atoms with van der Waals surface area (Å²) < 4.78 is 0. The molecular weight excluding hydrogens is 300 g/mol. The quantitative estimate of drug-likeness (QED) is 0.887. The number of nitrogens with two attached hydrogens (primary N) is 1. The molecule has 2 amide bonds. The Morgan fingerprint density at radius 2 is 1.75 bits per heavy atom. The maximum Gasteiger partial charge on any atom is 0.240 e. The summed E-state index contributed by atoms with van der Waals surface area (Å²) in [5, 5.41) is 5.13. The van der Waals surface area contributed by atoms with Crippen molar-refractivity contribution < 1.29 is 9.59 Å². The fourth-order valence-corrected chi connectivity index (χ4v) is 3.65. The molecule has 3 rings (SSSR count). The normalized spacial score (nSPS) is 16.7. The first kappa shape index (κ1) is 16.5. The number of fused-ring (bicyclic) bond motifs is 1. The highest BCUT2D eigenvalue weighted by Gasteiger charge is 2.29. The lowest BCUT2D eigenvalue weighted by atomic mass is 9.83. The molecule has 126 valence electrons. The number of carbonyl (C=O) groups excluding carboxylic acids is 2. The number of benzene rings is 2. The molecule has 1 aliphatic carbocycles. The lowest BCUT2D eigenvalue weighted by Gasteiger charge is -2.28. The molecular formula is C20H24N2O2. The van der Waals surface area contributed by atoms with Gasteiger partial charge in [-0.1, -0.05) is 61.7 Å². The topological polar surface area (TPSA) is 72.2 Å². The van der Waals surface area contributed by atoms with E-state index in [1.807, 2.05) is 42.5 Å². The van der Waals surface area contributed by atoms with Crippen molar-refractivity contribution >= 4 is 22.6 Å². The number of rotatable bonds is 5. The van der Waals surface area contributed by atoms with Crippen LogP contribution in [0.3, 0.4) is 0 Å². The van der Waals surface area contributed by atoms with Gasteiger partial charge in [0.15, 0.2) is 0 Å². The number of nitrogens with one attached hydrogen (secondary N) is 1. The Bertz CT molecular complexity index is 735. The lowest BCUT2D eigenvalue weighted by molar-refractivity contribution is -0.128. The summed E-state index contributed by atoms with van der Waals surface area (Å²) in [7, 11) is 0. The summed E-state index contributed by atoms with van der Waals surface area (Å²) >= 11 is 0. The van der Waals surface area contributed by atoms with E-state index in [0.717, 1.165) is 42.0 Å². The van der Waals surface area contributed by atoms with Gasteiger partial charge >= 0.3 is 0 Å². The van der Waals surface area contributed by atoms with Gasteiger partial charge in [0.05, 0.1) is 6.42 Å². The van der Waals surface area contributed by atoms with E-state index in [4.69, 9.17) is 5.73 Å². The molecule has 4 heteroatoms. The first-order chi connectivity index (χ1) is 11.6. The first-order valence-electron chi connectivity index (χ1n) is 8.70. The average molecular weight is 324 g/mol. The summed E-state index contributed by atoms with van der Waals surface area (Å²) in [5.74, 6) is -0.384. The van der Waals surface area contributed by atoms with E-state index in [9.17, 15) is 9.59 Å². The highest BCUT2D eigenvalue weighted by molar-refractivity contribution is 5.89. The third-order valence-corrected chi connectivity index (χ3v) is 4.92. The SMILES string of the molecule is NC(=O)[C@@H](NC(=O)Cc1ccc2ccccc2c1)C1CCCCC1. The molecule has 0 aliphatic heterocycles. The molecule has 1 saturated carbocycles. The average Bonchev–Trinajstić information content (AvgIpc) is 2.60. The Kier molecular flexibility index (Phi) is 5.14. The van der Waals surface area contributed by atoms with Crippen LogP contribution in [0.15, 0.2) is 42.5 Å². The molecule has 2 aromatic carbocycles. The summed E-state index contributed by atoms with van der Waals surface area (Å²) in [6, 6.07) is 13.5. The van der Waals surface area contributed by atoms with Gasteiger partial charge in [0, 0.05) is 0 Å². The van der Waals surface area contributed by atoms with Crippen LogP contribution >= 0.6 is 0 Å². The second kappa shape index (κ2) is 7.47. The van der Waals surface area contributed by atoms with E-state index in [1.54, 1.807) is 0 Å². The van der Waals surface area contributed by atoms with Gasteiger partial charge < -0.3 is 11.1 Å². The largest absolute Gasteiger partial charge is 0.368 e. The standard InChI is InChI=1S/C20H24N2O2/c21-20(24)19(16-7-2-1-3-8-16)22-18(23)13-14-10-11-15-6-4-5-9-17(15)12-14/h4-6,9-12,16,19H,1-3,7-8,13H2,(H2,21,24)(H,22,23)/t19-/m0/s1. The molecule has 4 nitrogen and oxygen atoms in total. The van der Waals surface area contributed by atoms with E-state index in [2.05, 4.69) is 5.32 Å². The molecule has 1 fully saturated rings. The molecule has 0 radical (unpaired) electrons. The zero-order chi connectivity index (χ0) is 16.9. The van der Waals surface area contributed by atoms with Crippen molar-refractivity contribution in [2.45, 2.75) is 44.6 Å². The fourth-order valence-electron chi connectivity index (χ4n) is 3.65. The van der Waals surface area contributed by atoms with Gasteiger partial charge in [-0.15, -0.1) is 0 Å². The maximum absolute atomic E-state index is 12.4. The summed E-state index contributed by atoms with van der Waals surface area (Å²) in [6.07, 6.45) is 5.60. The van der Waals surface area contributed by atoms with Crippen molar-refractivity contribution in [3.05, 3.63) is 48.0 Å². The van der Waals surface area contributed by atoms with Gasteiger partial charge in [0.1, 0.15) is 6.04 Å². The Labute approximate surface area is 142 Å². The van der Waals surface area contributed by atoms with Crippen LogP contribution in [0, 0.1) is 5.92 Å². The molecule has 2 aromatic rings. The van der Waals surface area contributed by atoms with Crippen LogP contribution in [0.25, 0.3) is 10.8 Å². The van der Waals surface area contributed by atoms with Crippen molar-refractivity contribution in [2.24, 2.45) is 11.7 Å². The Morgan fingerprint density at radius 3 is 2.46 bits per heavy atom. The second-order valence-corrected chi connectivity index (χ2v) is 6.70. The Balaban J connectivity index is 1.67. The minimum absolute atomic E-state index is 0.139. The third kappa shape index (κ3) is 3.94. The third-order valence-electron chi connectivity index (χ3n) is 4.92. The van der Waals surface area contributed by atoms with Crippen molar-refractivity contribution in [3.63, 3.8) is 0 Å². The first-order valence-corrected chi connectivity index (χ1v) is 8.70. The predicted octanol–water partition coefficient (Wildman–Crippen LogP) is 2.93. The lowest BCUT2D eigenvalue weighted by Crippen LogP contribution is -2.50. The van der Waals surface area contributed by atoms with Crippen LogP contribution in [-0.2, 0) is 16.0 Å². The molecule has 0 aromatic heterocycles. The van der Waals surface area contributed by atoms with Crippen LogP contribution in [-0.4, -0.2) is 17.9 Å². The monoisotopic (exact) mass is 324 g/mol. The number of amides is 2. The zero-order valence-corrected chi connectivity index (χ0v) is 13.8. The number of carbonyl (C=O) groups is 2. The molecule has 1 aliphatic rings. The van der Waals surface area contributed by atoms with Crippen molar-refractivity contribution in [1.29, 1.82) is 0 Å². The summed E-state index contributed by atoms with van der Waals surface area (Å²) in [5.41, 5.74) is 6.47. The summed E-state index contributed by atoms with van der Waals surface area (Å²) in [4.78, 5) is 24.2. The van der Waals surface area contributed by atoms with E-state index in [0.29, 0.717) is 0 Å². The molecule has 1 atom stereocenters. The second-order valence-electron chi connectivity index (χ2n) is 6.70. The molecule has 0 saturated heterocycles. The van der Waals surface area contributed by atoms with Gasteiger partial charge in [-0.3, -0.25) is 9.59 Å². The van der Waals surface area contributed by atoms with E-state index in [1.165, 1.54) is 6.42 Å². The van der Waals surface area contributed by atoms with Crippen molar-refractivity contribution in [3.8, 4) is 0 Å². The highest BCUT2D eigenvalue weighted by atomic mass is 16.2. The van der Waals surface area contributed by atoms with Gasteiger partial charge in [0.2, 0.25) is 11.8 Å². The van der Waals surface area contributed by atoms with Crippen molar-refractivity contribution in [2.75, 3.05) is 0 Å². The highest BCUT2D eigenvalue weighted by Crippen LogP contribution is 2.26. The fraction of sp³-hybridized carbons (Fsp3) is 0.400. The van der Waals surface area contributed by atoms with Crippen LogP contribution in [0.2, 0.25) is 0 Å².